The molecule has 0 spiro atoms. The number of cyclic esters (lactones) is 1. The number of nitrogens with zero attached hydrogens (tertiary/aromatic N) is 1. The predicted octanol–water partition coefficient (Wildman–Crippen LogP) is -0.157. The van der Waals surface area contributed by atoms with Crippen LogP contribution >= 0.6 is 0 Å². The maximum Gasteiger partial charge on any atom is 0.307 e. The summed E-state index contributed by atoms with van der Waals surface area (Å²) in [6.07, 6.45) is 0.522. The van der Waals surface area contributed by atoms with Gasteiger partial charge in [0.1, 0.15) is 6.61 Å². The van der Waals surface area contributed by atoms with Crippen LogP contribution in [0.2, 0.25) is 0 Å². The summed E-state index contributed by atoms with van der Waals surface area (Å²) in [4.78, 5) is 13.2. The molecule has 4 heteroatoms. The Kier molecular flexibility index (Phi) is 4.18. The van der Waals surface area contributed by atoms with Gasteiger partial charge in [-0.15, -0.1) is 0 Å². The van der Waals surface area contributed by atoms with Crippen LogP contribution < -0.4 is 5.32 Å². The summed E-state index contributed by atoms with van der Waals surface area (Å²) in [6.45, 7) is 5.32. The lowest BCUT2D eigenvalue weighted by Crippen LogP contribution is -2.40. The fraction of sp³-hybridized carbons (Fsp3) is 0.889. The van der Waals surface area contributed by atoms with Gasteiger partial charge >= 0.3 is 5.97 Å². The van der Waals surface area contributed by atoms with Crippen LogP contribution in [0.5, 0.6) is 0 Å². The van der Waals surface area contributed by atoms with Crippen molar-refractivity contribution < 1.29 is 9.53 Å². The van der Waals surface area contributed by atoms with E-state index in [1.165, 1.54) is 0 Å². The van der Waals surface area contributed by atoms with Gasteiger partial charge < -0.3 is 10.1 Å². The molecule has 0 saturated carbocycles. The van der Waals surface area contributed by atoms with Crippen molar-refractivity contribution in [1.82, 2.24) is 10.2 Å². The zero-order valence-electron chi connectivity index (χ0n) is 8.38. The summed E-state index contributed by atoms with van der Waals surface area (Å²) in [7, 11) is 1.94. The van der Waals surface area contributed by atoms with Crippen LogP contribution in [0.15, 0.2) is 0 Å². The lowest BCUT2D eigenvalue weighted by Gasteiger charge is -2.26. The minimum absolute atomic E-state index is 0.0702. The van der Waals surface area contributed by atoms with Crippen LogP contribution in [-0.2, 0) is 9.53 Å². The predicted molar refractivity (Wildman–Crippen MR) is 50.5 cm³/mol. The average Bonchev–Trinajstić information content (AvgIpc) is 2.30. The molecule has 0 amide bonds. The molecule has 1 rings (SSSR count). The third-order valence-corrected chi connectivity index (χ3v) is 2.37. The Hall–Kier alpha value is -0.610. The highest BCUT2D eigenvalue weighted by atomic mass is 16.5. The molecule has 1 N–H and O–H groups in total. The Bertz CT molecular complexity index is 173. The first kappa shape index (κ1) is 10.5. The third kappa shape index (κ3) is 3.32. The highest BCUT2D eigenvalue weighted by Crippen LogP contribution is 2.04. The summed E-state index contributed by atoms with van der Waals surface area (Å²) in [5, 5.41) is 3.13. The highest BCUT2D eigenvalue weighted by Gasteiger charge is 2.18. The average molecular weight is 186 g/mol. The van der Waals surface area contributed by atoms with Crippen molar-refractivity contribution in [1.29, 1.82) is 0 Å². The van der Waals surface area contributed by atoms with Crippen LogP contribution in [0.25, 0.3) is 0 Å². The van der Waals surface area contributed by atoms with Gasteiger partial charge in [0.2, 0.25) is 0 Å². The van der Waals surface area contributed by atoms with Gasteiger partial charge in [-0.2, -0.15) is 0 Å². The molecule has 1 unspecified atom stereocenters. The number of hydrogen-bond donors (Lipinski definition) is 1. The lowest BCUT2D eigenvalue weighted by atomic mass is 10.2. The minimum Gasteiger partial charge on any atom is -0.464 e. The third-order valence-electron chi connectivity index (χ3n) is 2.37. The molecule has 0 aromatic carbocycles. The first-order valence-corrected chi connectivity index (χ1v) is 4.78. The molecule has 1 saturated heterocycles. The van der Waals surface area contributed by atoms with Gasteiger partial charge in [-0.05, 0) is 14.0 Å². The van der Waals surface area contributed by atoms with Gasteiger partial charge in [0, 0.05) is 25.7 Å². The number of hydrogen-bond acceptors (Lipinski definition) is 4. The van der Waals surface area contributed by atoms with Crippen molar-refractivity contribution in [3.63, 3.8) is 0 Å². The normalized spacial score (nSPS) is 22.2. The highest BCUT2D eigenvalue weighted by molar-refractivity contribution is 5.69. The maximum atomic E-state index is 10.9. The minimum atomic E-state index is -0.0702. The van der Waals surface area contributed by atoms with Crippen molar-refractivity contribution in [2.75, 3.05) is 33.3 Å². The number of carbonyl (C=O) groups excluding carboxylic acids is 1. The number of carbonyl (C=O) groups is 1. The van der Waals surface area contributed by atoms with Crippen molar-refractivity contribution in [3.8, 4) is 0 Å². The van der Waals surface area contributed by atoms with Crippen molar-refractivity contribution in [3.05, 3.63) is 0 Å². The van der Waals surface area contributed by atoms with Gasteiger partial charge in [-0.1, -0.05) is 0 Å². The maximum absolute atomic E-state index is 10.9. The van der Waals surface area contributed by atoms with Gasteiger partial charge in [-0.25, -0.2) is 0 Å². The number of ether oxygens (including phenoxy) is 1. The molecular formula is C9H18N2O2. The lowest BCUT2D eigenvalue weighted by molar-refractivity contribution is -0.142. The summed E-state index contributed by atoms with van der Waals surface area (Å²) in [5.41, 5.74) is 0. The van der Waals surface area contributed by atoms with E-state index in [9.17, 15) is 4.79 Å². The largest absolute Gasteiger partial charge is 0.464 e. The number of likely N-dealkylation sites (N-methyl/N-ethyl adjacent to an activating group) is 1. The second-order valence-corrected chi connectivity index (χ2v) is 3.41. The Morgan fingerprint density at radius 2 is 2.38 bits per heavy atom. The molecule has 0 aliphatic carbocycles. The van der Waals surface area contributed by atoms with E-state index >= 15 is 0 Å². The Morgan fingerprint density at radius 3 is 3.08 bits per heavy atom. The molecule has 1 heterocycles. The summed E-state index contributed by atoms with van der Waals surface area (Å²) in [5.74, 6) is -0.0702. The molecule has 0 aromatic rings. The molecule has 0 radical (unpaired) electrons. The zero-order valence-corrected chi connectivity index (χ0v) is 8.38. The topological polar surface area (TPSA) is 41.6 Å². The molecule has 1 aliphatic rings. The van der Waals surface area contributed by atoms with Crippen LogP contribution in [0.3, 0.4) is 0 Å². The van der Waals surface area contributed by atoms with Gasteiger partial charge in [0.15, 0.2) is 0 Å². The molecule has 1 aliphatic heterocycles. The number of nitrogens with one attached hydrogen (secondary N) is 1. The van der Waals surface area contributed by atoms with E-state index in [1.54, 1.807) is 0 Å². The molecule has 1 atom stereocenters. The molecule has 13 heavy (non-hydrogen) atoms. The SMILES string of the molecule is CNCC(C)N1CCOC(=O)CC1. The smallest absolute Gasteiger partial charge is 0.307 e. The zero-order chi connectivity index (χ0) is 9.68. The van der Waals surface area contributed by atoms with Crippen molar-refractivity contribution >= 4 is 5.97 Å². The second kappa shape index (κ2) is 5.19. The molecule has 0 aromatic heterocycles. The summed E-state index contributed by atoms with van der Waals surface area (Å²) in [6, 6.07) is 0.472. The molecule has 76 valence electrons. The quantitative estimate of drug-likeness (QED) is 0.622. The van der Waals surface area contributed by atoms with E-state index in [4.69, 9.17) is 4.74 Å². The molecule has 1 fully saturated rings. The van der Waals surface area contributed by atoms with Crippen LogP contribution in [0, 0.1) is 0 Å². The van der Waals surface area contributed by atoms with Gasteiger partial charge in [0.05, 0.1) is 6.42 Å². The Morgan fingerprint density at radius 1 is 1.62 bits per heavy atom. The van der Waals surface area contributed by atoms with E-state index in [0.29, 0.717) is 19.1 Å². The Balaban J connectivity index is 2.36. The van der Waals surface area contributed by atoms with Gasteiger partial charge in [-0.3, -0.25) is 9.69 Å². The fourth-order valence-corrected chi connectivity index (χ4v) is 1.56. The van der Waals surface area contributed by atoms with E-state index < -0.39 is 0 Å². The van der Waals surface area contributed by atoms with E-state index in [1.807, 2.05) is 7.05 Å². The number of esters is 1. The molecule has 0 bridgehead atoms. The van der Waals surface area contributed by atoms with Gasteiger partial charge in [0.25, 0.3) is 0 Å². The van der Waals surface area contributed by atoms with Crippen LogP contribution in [-0.4, -0.2) is 50.2 Å². The molecule has 4 nitrogen and oxygen atoms in total. The van der Waals surface area contributed by atoms with Crippen molar-refractivity contribution in [2.45, 2.75) is 19.4 Å². The first-order chi connectivity index (χ1) is 6.24. The Labute approximate surface area is 79.2 Å². The monoisotopic (exact) mass is 186 g/mol. The summed E-state index contributed by atoms with van der Waals surface area (Å²) >= 11 is 0. The number of rotatable bonds is 3. The second-order valence-electron chi connectivity index (χ2n) is 3.41. The van der Waals surface area contributed by atoms with E-state index in [0.717, 1.165) is 19.6 Å². The first-order valence-electron chi connectivity index (χ1n) is 4.78. The standard InChI is InChI=1S/C9H18N2O2/c1-8(7-10-2)11-4-3-9(12)13-6-5-11/h8,10H,3-7H2,1-2H3. The van der Waals surface area contributed by atoms with Crippen molar-refractivity contribution in [2.24, 2.45) is 0 Å². The molecular weight excluding hydrogens is 168 g/mol. The van der Waals surface area contributed by atoms with E-state index in [-0.39, 0.29) is 5.97 Å². The fourth-order valence-electron chi connectivity index (χ4n) is 1.56. The summed E-state index contributed by atoms with van der Waals surface area (Å²) < 4.78 is 4.96. The van der Waals surface area contributed by atoms with Crippen LogP contribution in [0.1, 0.15) is 13.3 Å². The van der Waals surface area contributed by atoms with E-state index in [2.05, 4.69) is 17.1 Å². The van der Waals surface area contributed by atoms with Crippen LogP contribution in [0.4, 0.5) is 0 Å².